The molecule has 0 amide bonds. The number of hydrogen-bond acceptors (Lipinski definition) is 4. The minimum Gasteiger partial charge on any atom is -0.342 e. The first kappa shape index (κ1) is 15.4. The van der Waals surface area contributed by atoms with E-state index in [0.717, 1.165) is 43.2 Å². The second-order valence-electron chi connectivity index (χ2n) is 7.43. The molecular formula is C19H23FN4. The molecule has 0 spiro atoms. The highest BCUT2D eigenvalue weighted by Crippen LogP contribution is 2.37. The number of likely N-dealkylation sites (tertiary alicyclic amines) is 1. The standard InChI is InChI=1S/C19H23FN4/c1-19(2)11-16-14(10-17(19)20)12-22-18(23-16)24-8-5-13(6-9-24)15-4-3-7-21-15/h3-4,7,10-13,15H,5-6,8-9H2,1-2H3,(H,22,23). The molecule has 0 saturated carbocycles. The van der Waals surface area contributed by atoms with Gasteiger partial charge < -0.3 is 10.2 Å². The Hall–Kier alpha value is -2.17. The quantitative estimate of drug-likeness (QED) is 0.803. The van der Waals surface area contributed by atoms with Crippen LogP contribution in [-0.4, -0.2) is 36.2 Å². The van der Waals surface area contributed by atoms with Gasteiger partial charge in [-0.2, -0.15) is 0 Å². The van der Waals surface area contributed by atoms with Crippen LogP contribution in [0.3, 0.4) is 0 Å². The Morgan fingerprint density at radius 3 is 2.79 bits per heavy atom. The summed E-state index contributed by atoms with van der Waals surface area (Å²) in [4.78, 5) is 11.3. The highest BCUT2D eigenvalue weighted by Gasteiger charge is 2.31. The molecule has 3 heterocycles. The predicted molar refractivity (Wildman–Crippen MR) is 95.4 cm³/mol. The SMILES string of the molecule is CC1(C)C=C2NC(N3CCC(C4C=CC=N4)CC3)=NC=C2C=C1F. The molecule has 1 atom stereocenters. The van der Waals surface area contributed by atoms with Crippen LogP contribution < -0.4 is 5.32 Å². The van der Waals surface area contributed by atoms with Gasteiger partial charge in [-0.15, -0.1) is 0 Å². The van der Waals surface area contributed by atoms with Crippen LogP contribution in [0.1, 0.15) is 26.7 Å². The van der Waals surface area contributed by atoms with Crippen molar-refractivity contribution in [2.75, 3.05) is 13.1 Å². The summed E-state index contributed by atoms with van der Waals surface area (Å²) in [5.41, 5.74) is 1.20. The fraction of sp³-hybridized carbons (Fsp3) is 0.474. The molecular weight excluding hydrogens is 303 g/mol. The monoisotopic (exact) mass is 326 g/mol. The number of hydrogen-bond donors (Lipinski definition) is 1. The molecule has 0 aromatic carbocycles. The van der Waals surface area contributed by atoms with Gasteiger partial charge >= 0.3 is 0 Å². The maximum Gasteiger partial charge on any atom is 0.203 e. The van der Waals surface area contributed by atoms with Crippen molar-refractivity contribution in [1.29, 1.82) is 0 Å². The van der Waals surface area contributed by atoms with Crippen molar-refractivity contribution in [3.05, 3.63) is 47.6 Å². The Morgan fingerprint density at radius 2 is 2.08 bits per heavy atom. The Kier molecular flexibility index (Phi) is 3.66. The van der Waals surface area contributed by atoms with Crippen LogP contribution in [0.2, 0.25) is 0 Å². The average Bonchev–Trinajstić information content (AvgIpc) is 3.10. The lowest BCUT2D eigenvalue weighted by Crippen LogP contribution is -2.47. The predicted octanol–water partition coefficient (Wildman–Crippen LogP) is 3.33. The third-order valence-electron chi connectivity index (χ3n) is 5.26. The van der Waals surface area contributed by atoms with Crippen LogP contribution >= 0.6 is 0 Å². The second kappa shape index (κ2) is 5.72. The molecule has 1 N–H and O–H groups in total. The number of aliphatic imine (C=N–C) groups is 2. The molecule has 4 nitrogen and oxygen atoms in total. The Balaban J connectivity index is 1.45. The first-order chi connectivity index (χ1) is 11.5. The van der Waals surface area contributed by atoms with Crippen molar-refractivity contribution in [2.45, 2.75) is 32.7 Å². The fourth-order valence-corrected chi connectivity index (χ4v) is 3.67. The fourth-order valence-electron chi connectivity index (χ4n) is 3.67. The van der Waals surface area contributed by atoms with Gasteiger partial charge in [-0.3, -0.25) is 4.99 Å². The van der Waals surface area contributed by atoms with Crippen molar-refractivity contribution in [1.82, 2.24) is 10.2 Å². The second-order valence-corrected chi connectivity index (χ2v) is 7.43. The van der Waals surface area contributed by atoms with Crippen LogP contribution in [0.4, 0.5) is 4.39 Å². The normalized spacial score (nSPS) is 28.6. The summed E-state index contributed by atoms with van der Waals surface area (Å²) in [6.45, 7) is 5.72. The number of allylic oxidation sites excluding steroid dienone is 4. The van der Waals surface area contributed by atoms with Gasteiger partial charge in [0.05, 0.1) is 6.04 Å². The van der Waals surface area contributed by atoms with Gasteiger partial charge in [-0.05, 0) is 50.8 Å². The molecule has 5 heteroatoms. The average molecular weight is 326 g/mol. The first-order valence-electron chi connectivity index (χ1n) is 8.64. The molecule has 1 aliphatic carbocycles. The van der Waals surface area contributed by atoms with E-state index in [4.69, 9.17) is 0 Å². The van der Waals surface area contributed by atoms with Gasteiger partial charge in [-0.1, -0.05) is 6.08 Å². The van der Waals surface area contributed by atoms with Gasteiger partial charge in [0, 0.05) is 42.2 Å². The lowest BCUT2D eigenvalue weighted by Gasteiger charge is -2.37. The van der Waals surface area contributed by atoms with E-state index in [9.17, 15) is 4.39 Å². The molecule has 0 bridgehead atoms. The van der Waals surface area contributed by atoms with Crippen LogP contribution in [0.5, 0.6) is 0 Å². The summed E-state index contributed by atoms with van der Waals surface area (Å²) in [6.07, 6.45) is 13.7. The number of nitrogens with one attached hydrogen (secondary N) is 1. The van der Waals surface area contributed by atoms with Crippen LogP contribution in [0, 0.1) is 11.3 Å². The number of piperidine rings is 1. The largest absolute Gasteiger partial charge is 0.342 e. The van der Waals surface area contributed by atoms with Crippen molar-refractivity contribution in [3.8, 4) is 0 Å². The molecule has 4 aliphatic rings. The Labute approximate surface area is 142 Å². The van der Waals surface area contributed by atoms with Gasteiger partial charge in [0.25, 0.3) is 0 Å². The van der Waals surface area contributed by atoms with Crippen LogP contribution in [0.25, 0.3) is 0 Å². The van der Waals surface area contributed by atoms with Crippen molar-refractivity contribution < 1.29 is 4.39 Å². The minimum atomic E-state index is -0.568. The van der Waals surface area contributed by atoms with Crippen LogP contribution in [0.15, 0.2) is 57.6 Å². The Bertz CT molecular complexity index is 704. The molecule has 3 aliphatic heterocycles. The molecule has 0 aromatic rings. The van der Waals surface area contributed by atoms with Gasteiger partial charge in [0.15, 0.2) is 0 Å². The number of rotatable bonds is 1. The lowest BCUT2D eigenvalue weighted by atomic mass is 9.84. The minimum absolute atomic E-state index is 0.121. The summed E-state index contributed by atoms with van der Waals surface area (Å²) in [5, 5.41) is 3.40. The van der Waals surface area contributed by atoms with E-state index in [-0.39, 0.29) is 5.83 Å². The zero-order chi connectivity index (χ0) is 16.7. The molecule has 4 rings (SSSR count). The smallest absolute Gasteiger partial charge is 0.203 e. The van der Waals surface area contributed by atoms with E-state index in [2.05, 4.69) is 26.3 Å². The molecule has 126 valence electrons. The first-order valence-corrected chi connectivity index (χ1v) is 8.64. The molecule has 24 heavy (non-hydrogen) atoms. The summed E-state index contributed by atoms with van der Waals surface area (Å²) < 4.78 is 14.0. The van der Waals surface area contributed by atoms with E-state index < -0.39 is 5.41 Å². The number of halogens is 1. The van der Waals surface area contributed by atoms with Crippen molar-refractivity contribution in [3.63, 3.8) is 0 Å². The number of nitrogens with zero attached hydrogens (tertiary/aromatic N) is 3. The lowest BCUT2D eigenvalue weighted by molar-refractivity contribution is 0.249. The zero-order valence-corrected chi connectivity index (χ0v) is 14.2. The van der Waals surface area contributed by atoms with Crippen LogP contribution in [-0.2, 0) is 0 Å². The topological polar surface area (TPSA) is 40.0 Å². The third kappa shape index (κ3) is 2.72. The number of guanidine groups is 1. The molecule has 1 saturated heterocycles. The van der Waals surface area contributed by atoms with E-state index >= 15 is 0 Å². The molecule has 1 fully saturated rings. The summed E-state index contributed by atoms with van der Waals surface area (Å²) in [7, 11) is 0. The highest BCUT2D eigenvalue weighted by molar-refractivity contribution is 5.85. The van der Waals surface area contributed by atoms with E-state index in [1.807, 2.05) is 32.2 Å². The number of fused-ring (bicyclic) bond motifs is 1. The maximum atomic E-state index is 14.0. The van der Waals surface area contributed by atoms with Gasteiger partial charge in [0.2, 0.25) is 5.96 Å². The van der Waals surface area contributed by atoms with E-state index in [1.165, 1.54) is 0 Å². The molecule has 0 radical (unpaired) electrons. The summed E-state index contributed by atoms with van der Waals surface area (Å²) in [5.74, 6) is 1.38. The summed E-state index contributed by atoms with van der Waals surface area (Å²) in [6, 6.07) is 0.356. The van der Waals surface area contributed by atoms with Gasteiger partial charge in [-0.25, -0.2) is 9.38 Å². The molecule has 0 aromatic heterocycles. The Morgan fingerprint density at radius 1 is 1.29 bits per heavy atom. The van der Waals surface area contributed by atoms with Crippen molar-refractivity contribution in [2.24, 2.45) is 21.3 Å². The molecule has 1 unspecified atom stereocenters. The van der Waals surface area contributed by atoms with Crippen molar-refractivity contribution >= 4 is 12.2 Å². The van der Waals surface area contributed by atoms with Gasteiger partial charge in [0.1, 0.15) is 5.83 Å². The van der Waals surface area contributed by atoms with E-state index in [0.29, 0.717) is 12.0 Å². The third-order valence-corrected chi connectivity index (χ3v) is 5.26. The maximum absolute atomic E-state index is 14.0. The van der Waals surface area contributed by atoms with E-state index in [1.54, 1.807) is 12.3 Å². The highest BCUT2D eigenvalue weighted by atomic mass is 19.1. The zero-order valence-electron chi connectivity index (χ0n) is 14.2. The summed E-state index contributed by atoms with van der Waals surface area (Å²) >= 11 is 0.